The molecule has 0 atom stereocenters. The second-order valence-corrected chi connectivity index (χ2v) is 6.87. The van der Waals surface area contributed by atoms with Crippen molar-refractivity contribution in [3.63, 3.8) is 0 Å². The van der Waals surface area contributed by atoms with Crippen molar-refractivity contribution < 1.29 is 14.3 Å². The molecule has 0 aliphatic carbocycles. The van der Waals surface area contributed by atoms with Gasteiger partial charge in [0.2, 0.25) is 5.78 Å². The molecule has 3 aromatic rings. The number of aryl methyl sites for hydroxylation is 5. The van der Waals surface area contributed by atoms with Gasteiger partial charge in [-0.1, -0.05) is 17.7 Å². The van der Waals surface area contributed by atoms with Crippen LogP contribution in [0, 0.1) is 34.6 Å². The lowest BCUT2D eigenvalue weighted by atomic mass is 9.97. The number of hydrogen-bond donors (Lipinski definition) is 0. The van der Waals surface area contributed by atoms with Gasteiger partial charge in [-0.3, -0.25) is 4.79 Å². The number of ketones is 1. The van der Waals surface area contributed by atoms with Crippen molar-refractivity contribution >= 4 is 22.8 Å². The summed E-state index contributed by atoms with van der Waals surface area (Å²) in [7, 11) is 0. The zero-order chi connectivity index (χ0) is 19.7. The van der Waals surface area contributed by atoms with Crippen molar-refractivity contribution in [3.05, 3.63) is 69.5 Å². The highest BCUT2D eigenvalue weighted by Gasteiger charge is 2.16. The normalized spacial score (nSPS) is 10.9. The Balaban J connectivity index is 1.77. The van der Waals surface area contributed by atoms with E-state index < -0.39 is 5.97 Å². The van der Waals surface area contributed by atoms with E-state index in [2.05, 4.69) is 9.97 Å². The fourth-order valence-electron chi connectivity index (χ4n) is 3.26. The number of Topliss-reactive ketones (excluding diaryl/α,β-unsaturated/α-hetero) is 1. The number of fused-ring (bicyclic) bond motifs is 1. The maximum Gasteiger partial charge on any atom is 0.338 e. The standard InChI is InChI=1S/C22H22N2O3/c1-12-8-13(2)21(14(3)9-12)20(25)11-27-22(26)17-6-7-18-19(10-17)24-16(5)15(4)23-18/h6-10H,11H2,1-5H3. The first-order valence-electron chi connectivity index (χ1n) is 8.79. The van der Waals surface area contributed by atoms with Gasteiger partial charge in [-0.05, 0) is 63.9 Å². The van der Waals surface area contributed by atoms with E-state index in [0.29, 0.717) is 16.6 Å². The summed E-state index contributed by atoms with van der Waals surface area (Å²) in [6.07, 6.45) is 0. The van der Waals surface area contributed by atoms with Crippen LogP contribution in [0.25, 0.3) is 11.0 Å². The van der Waals surface area contributed by atoms with Gasteiger partial charge in [-0.15, -0.1) is 0 Å². The SMILES string of the molecule is Cc1cc(C)c(C(=O)COC(=O)c2ccc3nc(C)c(C)nc3c2)c(C)c1. The summed E-state index contributed by atoms with van der Waals surface area (Å²) in [5, 5.41) is 0. The summed E-state index contributed by atoms with van der Waals surface area (Å²) in [5.41, 5.74) is 6.86. The van der Waals surface area contributed by atoms with Gasteiger partial charge < -0.3 is 4.74 Å². The number of ether oxygens (including phenoxy) is 1. The Morgan fingerprint density at radius 3 is 2.07 bits per heavy atom. The van der Waals surface area contributed by atoms with E-state index in [1.807, 2.05) is 46.8 Å². The van der Waals surface area contributed by atoms with E-state index >= 15 is 0 Å². The Morgan fingerprint density at radius 2 is 1.44 bits per heavy atom. The van der Waals surface area contributed by atoms with Crippen molar-refractivity contribution in [2.75, 3.05) is 6.61 Å². The van der Waals surface area contributed by atoms with Crippen molar-refractivity contribution in [3.8, 4) is 0 Å². The summed E-state index contributed by atoms with van der Waals surface area (Å²) in [6.45, 7) is 9.24. The van der Waals surface area contributed by atoms with E-state index in [4.69, 9.17) is 4.74 Å². The highest BCUT2D eigenvalue weighted by Crippen LogP contribution is 2.18. The van der Waals surface area contributed by atoms with Crippen LogP contribution in [0.15, 0.2) is 30.3 Å². The maximum absolute atomic E-state index is 12.5. The number of benzene rings is 2. The molecule has 3 rings (SSSR count). The number of nitrogens with zero attached hydrogens (tertiary/aromatic N) is 2. The Kier molecular flexibility index (Phi) is 5.04. The number of aromatic nitrogens is 2. The number of rotatable bonds is 4. The van der Waals surface area contributed by atoms with Crippen molar-refractivity contribution in [2.45, 2.75) is 34.6 Å². The Morgan fingerprint density at radius 1 is 0.852 bits per heavy atom. The van der Waals surface area contributed by atoms with Gasteiger partial charge in [0.25, 0.3) is 0 Å². The van der Waals surface area contributed by atoms with Crippen LogP contribution in [0.4, 0.5) is 0 Å². The average Bonchev–Trinajstić information content (AvgIpc) is 2.59. The first-order valence-corrected chi connectivity index (χ1v) is 8.79. The smallest absolute Gasteiger partial charge is 0.338 e. The molecule has 2 aromatic carbocycles. The summed E-state index contributed by atoms with van der Waals surface area (Å²) >= 11 is 0. The first-order chi connectivity index (χ1) is 12.8. The highest BCUT2D eigenvalue weighted by atomic mass is 16.5. The molecule has 1 heterocycles. The lowest BCUT2D eigenvalue weighted by Gasteiger charge is -2.11. The van der Waals surface area contributed by atoms with Crippen molar-refractivity contribution in [2.24, 2.45) is 0 Å². The van der Waals surface area contributed by atoms with Gasteiger partial charge in [-0.25, -0.2) is 14.8 Å². The molecule has 5 nitrogen and oxygen atoms in total. The third-order valence-corrected chi connectivity index (χ3v) is 4.60. The van der Waals surface area contributed by atoms with E-state index in [1.54, 1.807) is 18.2 Å². The molecule has 138 valence electrons. The lowest BCUT2D eigenvalue weighted by molar-refractivity contribution is 0.0474. The third-order valence-electron chi connectivity index (χ3n) is 4.60. The zero-order valence-corrected chi connectivity index (χ0v) is 16.2. The summed E-state index contributed by atoms with van der Waals surface area (Å²) < 4.78 is 5.25. The van der Waals surface area contributed by atoms with Crippen LogP contribution >= 0.6 is 0 Å². The average molecular weight is 362 g/mol. The molecular weight excluding hydrogens is 340 g/mol. The third kappa shape index (κ3) is 3.87. The van der Waals surface area contributed by atoms with Crippen LogP contribution in [0.5, 0.6) is 0 Å². The van der Waals surface area contributed by atoms with Crippen LogP contribution in [-0.4, -0.2) is 28.3 Å². The highest BCUT2D eigenvalue weighted by molar-refractivity contribution is 6.02. The van der Waals surface area contributed by atoms with Gasteiger partial charge in [0, 0.05) is 5.56 Å². The number of carbonyl (C=O) groups excluding carboxylic acids is 2. The van der Waals surface area contributed by atoms with Crippen LogP contribution in [0.3, 0.4) is 0 Å². The molecule has 0 N–H and O–H groups in total. The van der Waals surface area contributed by atoms with Crippen molar-refractivity contribution in [1.82, 2.24) is 9.97 Å². The van der Waals surface area contributed by atoms with E-state index in [1.165, 1.54) is 0 Å². The summed E-state index contributed by atoms with van der Waals surface area (Å²) in [5.74, 6) is -0.752. The molecule has 0 bridgehead atoms. The number of esters is 1. The fraction of sp³-hybridized carbons (Fsp3) is 0.273. The quantitative estimate of drug-likeness (QED) is 0.514. The van der Waals surface area contributed by atoms with Gasteiger partial charge >= 0.3 is 5.97 Å². The van der Waals surface area contributed by atoms with Crippen LogP contribution in [-0.2, 0) is 4.74 Å². The van der Waals surface area contributed by atoms with Gasteiger partial charge in [0.15, 0.2) is 6.61 Å². The molecule has 0 saturated heterocycles. The molecule has 0 unspecified atom stereocenters. The molecule has 0 aliphatic heterocycles. The van der Waals surface area contributed by atoms with Crippen LogP contribution < -0.4 is 0 Å². The minimum Gasteiger partial charge on any atom is -0.454 e. The Bertz CT molecular complexity index is 1050. The molecule has 27 heavy (non-hydrogen) atoms. The largest absolute Gasteiger partial charge is 0.454 e. The van der Waals surface area contributed by atoms with Gasteiger partial charge in [-0.2, -0.15) is 0 Å². The molecule has 0 fully saturated rings. The van der Waals surface area contributed by atoms with Crippen LogP contribution in [0.2, 0.25) is 0 Å². The summed E-state index contributed by atoms with van der Waals surface area (Å²) in [6, 6.07) is 8.93. The lowest BCUT2D eigenvalue weighted by Crippen LogP contribution is -2.16. The predicted molar refractivity (Wildman–Crippen MR) is 104 cm³/mol. The van der Waals surface area contributed by atoms with E-state index in [0.717, 1.165) is 33.6 Å². The summed E-state index contributed by atoms with van der Waals surface area (Å²) in [4.78, 5) is 33.8. The van der Waals surface area contributed by atoms with E-state index in [-0.39, 0.29) is 12.4 Å². The first kappa shape index (κ1) is 18.7. The molecule has 0 aliphatic rings. The Labute approximate surface area is 158 Å². The molecule has 0 saturated carbocycles. The second kappa shape index (κ2) is 7.27. The number of hydrogen-bond acceptors (Lipinski definition) is 5. The maximum atomic E-state index is 12.5. The minimum absolute atomic E-state index is 0.203. The Hall–Kier alpha value is -3.08. The molecule has 0 radical (unpaired) electrons. The molecule has 5 heteroatoms. The van der Waals surface area contributed by atoms with Gasteiger partial charge in [0.1, 0.15) is 0 Å². The number of carbonyl (C=O) groups is 2. The monoisotopic (exact) mass is 362 g/mol. The molecule has 0 amide bonds. The fourth-order valence-corrected chi connectivity index (χ4v) is 3.26. The predicted octanol–water partition coefficient (Wildman–Crippen LogP) is 4.21. The zero-order valence-electron chi connectivity index (χ0n) is 16.2. The van der Waals surface area contributed by atoms with Gasteiger partial charge in [0.05, 0.1) is 28.0 Å². The topological polar surface area (TPSA) is 69.2 Å². The van der Waals surface area contributed by atoms with Crippen molar-refractivity contribution in [1.29, 1.82) is 0 Å². The minimum atomic E-state index is -0.548. The van der Waals surface area contributed by atoms with E-state index in [9.17, 15) is 9.59 Å². The molecule has 1 aromatic heterocycles. The second-order valence-electron chi connectivity index (χ2n) is 6.87. The van der Waals surface area contributed by atoms with Crippen LogP contribution in [0.1, 0.15) is 48.8 Å². The molecule has 0 spiro atoms. The molecular formula is C22H22N2O3.